The second-order valence-corrected chi connectivity index (χ2v) is 4.51. The third-order valence-corrected chi connectivity index (χ3v) is 3.15. The number of rotatable bonds is 3. The van der Waals surface area contributed by atoms with Crippen LogP contribution in [-0.4, -0.2) is 23.0 Å². The van der Waals surface area contributed by atoms with Crippen LogP contribution in [0.3, 0.4) is 0 Å². The van der Waals surface area contributed by atoms with Crippen LogP contribution in [0.4, 0.5) is 5.69 Å². The van der Waals surface area contributed by atoms with Gasteiger partial charge in [-0.05, 0) is 24.3 Å². The van der Waals surface area contributed by atoms with Gasteiger partial charge in [-0.3, -0.25) is 9.59 Å². The lowest BCUT2D eigenvalue weighted by molar-refractivity contribution is 0.102. The summed E-state index contributed by atoms with van der Waals surface area (Å²) < 4.78 is 4.86. The van der Waals surface area contributed by atoms with Gasteiger partial charge in [-0.15, -0.1) is 0 Å². The van der Waals surface area contributed by atoms with Gasteiger partial charge in [0, 0.05) is 35.1 Å². The van der Waals surface area contributed by atoms with Crippen LogP contribution in [0.25, 0.3) is 10.9 Å². The number of aromatic amines is 2. The van der Waals surface area contributed by atoms with Crippen LogP contribution in [0.5, 0.6) is 5.75 Å². The van der Waals surface area contributed by atoms with E-state index in [9.17, 15) is 9.59 Å². The molecule has 0 aliphatic heterocycles. The highest BCUT2D eigenvalue weighted by Crippen LogP contribution is 2.18. The van der Waals surface area contributed by atoms with Crippen molar-refractivity contribution >= 4 is 22.5 Å². The zero-order valence-corrected chi connectivity index (χ0v) is 11.3. The number of amides is 1. The van der Waals surface area contributed by atoms with Crippen molar-refractivity contribution in [3.8, 4) is 5.75 Å². The summed E-state index contributed by atoms with van der Waals surface area (Å²) in [5, 5.41) is 3.74. The van der Waals surface area contributed by atoms with E-state index in [0.29, 0.717) is 5.69 Å². The molecule has 3 rings (SSSR count). The molecule has 0 spiro atoms. The van der Waals surface area contributed by atoms with E-state index in [1.807, 2.05) is 24.4 Å². The summed E-state index contributed by atoms with van der Waals surface area (Å²) in [6, 6.07) is 8.65. The normalized spacial score (nSPS) is 10.5. The molecule has 0 atom stereocenters. The number of carbonyl (C=O) groups excluding carboxylic acids is 1. The number of fused-ring (bicyclic) bond motifs is 1. The van der Waals surface area contributed by atoms with Crippen molar-refractivity contribution in [1.29, 1.82) is 0 Å². The maximum Gasteiger partial charge on any atom is 0.272 e. The Morgan fingerprint density at radius 1 is 1.19 bits per heavy atom. The number of ether oxygens (including phenoxy) is 1. The first-order valence-electron chi connectivity index (χ1n) is 6.32. The molecule has 3 aromatic rings. The number of aromatic nitrogens is 2. The lowest BCUT2D eigenvalue weighted by atomic mass is 10.2. The van der Waals surface area contributed by atoms with E-state index in [2.05, 4.69) is 15.3 Å². The summed E-state index contributed by atoms with van der Waals surface area (Å²) in [7, 11) is 1.40. The largest absolute Gasteiger partial charge is 0.491 e. The molecule has 0 saturated carbocycles. The van der Waals surface area contributed by atoms with Gasteiger partial charge in [0.15, 0.2) is 5.75 Å². The number of hydrogen-bond acceptors (Lipinski definition) is 3. The molecule has 2 heterocycles. The van der Waals surface area contributed by atoms with E-state index in [1.165, 1.54) is 19.4 Å². The van der Waals surface area contributed by atoms with Gasteiger partial charge in [0.2, 0.25) is 5.43 Å². The average molecular weight is 283 g/mol. The summed E-state index contributed by atoms with van der Waals surface area (Å²) in [6.07, 6.45) is 3.20. The van der Waals surface area contributed by atoms with Crippen molar-refractivity contribution in [2.75, 3.05) is 12.4 Å². The van der Waals surface area contributed by atoms with E-state index in [-0.39, 0.29) is 22.8 Å². The van der Waals surface area contributed by atoms with Gasteiger partial charge in [0.1, 0.15) is 5.69 Å². The van der Waals surface area contributed by atoms with Crippen molar-refractivity contribution in [3.05, 3.63) is 58.6 Å². The number of nitrogens with one attached hydrogen (secondary N) is 3. The second kappa shape index (κ2) is 5.16. The molecular weight excluding hydrogens is 270 g/mol. The van der Waals surface area contributed by atoms with Gasteiger partial charge in [0.25, 0.3) is 5.91 Å². The summed E-state index contributed by atoms with van der Waals surface area (Å²) in [5.41, 5.74) is 1.48. The van der Waals surface area contributed by atoms with E-state index < -0.39 is 0 Å². The number of H-pyrrole nitrogens is 2. The van der Waals surface area contributed by atoms with Crippen molar-refractivity contribution in [1.82, 2.24) is 9.97 Å². The lowest BCUT2D eigenvalue weighted by Crippen LogP contribution is -2.17. The smallest absolute Gasteiger partial charge is 0.272 e. The third-order valence-electron chi connectivity index (χ3n) is 3.15. The average Bonchev–Trinajstić information content (AvgIpc) is 2.94. The predicted molar refractivity (Wildman–Crippen MR) is 79.9 cm³/mol. The van der Waals surface area contributed by atoms with E-state index in [4.69, 9.17) is 4.74 Å². The fraction of sp³-hybridized carbons (Fsp3) is 0.0667. The number of hydrogen-bond donors (Lipinski definition) is 3. The first-order chi connectivity index (χ1) is 10.2. The molecule has 0 unspecified atom stereocenters. The molecule has 6 heteroatoms. The monoisotopic (exact) mass is 283 g/mol. The van der Waals surface area contributed by atoms with Crippen molar-refractivity contribution < 1.29 is 9.53 Å². The molecule has 1 amide bonds. The molecule has 0 bridgehead atoms. The van der Waals surface area contributed by atoms with Gasteiger partial charge in [-0.25, -0.2) is 0 Å². The summed E-state index contributed by atoms with van der Waals surface area (Å²) >= 11 is 0. The summed E-state index contributed by atoms with van der Waals surface area (Å²) in [5.74, 6) is -0.218. The fourth-order valence-electron chi connectivity index (χ4n) is 2.08. The predicted octanol–water partition coefficient (Wildman–Crippen LogP) is 2.12. The molecule has 3 N–H and O–H groups in total. The van der Waals surface area contributed by atoms with Crippen molar-refractivity contribution in [3.63, 3.8) is 0 Å². The molecular formula is C15H13N3O3. The number of anilines is 1. The molecule has 0 radical (unpaired) electrons. The maximum atomic E-state index is 12.1. The minimum Gasteiger partial charge on any atom is -0.491 e. The number of carbonyl (C=O) groups is 1. The Kier molecular flexibility index (Phi) is 3.19. The Morgan fingerprint density at radius 2 is 2.05 bits per heavy atom. The molecule has 0 saturated heterocycles. The highest BCUT2D eigenvalue weighted by atomic mass is 16.5. The Bertz CT molecular complexity index is 864. The minimum atomic E-state index is -0.385. The van der Waals surface area contributed by atoms with Crippen LogP contribution >= 0.6 is 0 Å². The van der Waals surface area contributed by atoms with Gasteiger partial charge >= 0.3 is 0 Å². The molecule has 106 valence electrons. The van der Waals surface area contributed by atoms with Crippen LogP contribution < -0.4 is 15.5 Å². The Morgan fingerprint density at radius 3 is 2.81 bits per heavy atom. The van der Waals surface area contributed by atoms with E-state index >= 15 is 0 Å². The standard InChI is InChI=1S/C15H13N3O3/c1-21-14-8-17-12(7-13(14)19)15(20)18-10-2-3-11-9(6-10)4-5-16-11/h2-8,16H,1H3,(H,17,19)(H,18,20). The van der Waals surface area contributed by atoms with Crippen LogP contribution in [0.1, 0.15) is 10.5 Å². The van der Waals surface area contributed by atoms with Crippen LogP contribution in [-0.2, 0) is 0 Å². The summed E-state index contributed by atoms with van der Waals surface area (Å²) in [6.45, 7) is 0. The van der Waals surface area contributed by atoms with Gasteiger partial charge in [0.05, 0.1) is 7.11 Å². The van der Waals surface area contributed by atoms with Gasteiger partial charge in [-0.1, -0.05) is 0 Å². The van der Waals surface area contributed by atoms with E-state index in [1.54, 1.807) is 6.07 Å². The Balaban J connectivity index is 1.85. The molecule has 1 aromatic carbocycles. The molecule has 6 nitrogen and oxygen atoms in total. The number of methoxy groups -OCH3 is 1. The zero-order chi connectivity index (χ0) is 14.8. The Labute approximate surface area is 119 Å². The molecule has 0 fully saturated rings. The third kappa shape index (κ3) is 2.51. The Hall–Kier alpha value is -3.02. The quantitative estimate of drug-likeness (QED) is 0.688. The van der Waals surface area contributed by atoms with Crippen LogP contribution in [0.15, 0.2) is 47.5 Å². The van der Waals surface area contributed by atoms with Crippen LogP contribution in [0, 0.1) is 0 Å². The van der Waals surface area contributed by atoms with Crippen molar-refractivity contribution in [2.24, 2.45) is 0 Å². The molecule has 21 heavy (non-hydrogen) atoms. The van der Waals surface area contributed by atoms with Gasteiger partial charge in [-0.2, -0.15) is 0 Å². The van der Waals surface area contributed by atoms with Crippen molar-refractivity contribution in [2.45, 2.75) is 0 Å². The topological polar surface area (TPSA) is 87.0 Å². The van der Waals surface area contributed by atoms with Gasteiger partial charge < -0.3 is 20.0 Å². The number of benzene rings is 1. The lowest BCUT2D eigenvalue weighted by Gasteiger charge is -2.06. The van der Waals surface area contributed by atoms with E-state index in [0.717, 1.165) is 10.9 Å². The first-order valence-corrected chi connectivity index (χ1v) is 6.32. The highest BCUT2D eigenvalue weighted by Gasteiger charge is 2.10. The number of pyridine rings is 1. The second-order valence-electron chi connectivity index (χ2n) is 4.51. The zero-order valence-electron chi connectivity index (χ0n) is 11.3. The molecule has 2 aromatic heterocycles. The summed E-state index contributed by atoms with van der Waals surface area (Å²) in [4.78, 5) is 29.6. The fourth-order valence-corrected chi connectivity index (χ4v) is 2.08. The minimum absolute atomic E-state index is 0.167. The molecule has 0 aliphatic rings. The first kappa shape index (κ1) is 13.0. The van der Waals surface area contributed by atoms with Crippen LogP contribution in [0.2, 0.25) is 0 Å². The maximum absolute atomic E-state index is 12.1. The highest BCUT2D eigenvalue weighted by molar-refractivity contribution is 6.03. The molecule has 0 aliphatic carbocycles. The SMILES string of the molecule is COc1c[nH]c(C(=O)Nc2ccc3[nH]ccc3c2)cc1=O.